The third-order valence-electron chi connectivity index (χ3n) is 6.46. The number of carbonyl (C=O) groups excluding carboxylic acids is 1. The van der Waals surface area contributed by atoms with Crippen LogP contribution < -0.4 is 10.6 Å². The van der Waals surface area contributed by atoms with Crippen molar-refractivity contribution in [2.75, 3.05) is 26.2 Å². The standard InChI is InChI=1S/C21H28N4O3S.ClH/c26-19(23-9-5-18-24-20(28-25-18)14-3-1-2-4-14)17-13-15-16(29-17)6-12-27-21(15)7-10-22-11-8-21;/h13-14,22H,1-12H2,(H,23,26);1H. The number of ether oxygens (including phenoxy) is 1. The van der Waals surface area contributed by atoms with Gasteiger partial charge in [0, 0.05) is 30.2 Å². The van der Waals surface area contributed by atoms with Crippen molar-refractivity contribution in [1.82, 2.24) is 20.8 Å². The zero-order valence-corrected chi connectivity index (χ0v) is 18.7. The number of carbonyl (C=O) groups is 1. The molecule has 1 aliphatic carbocycles. The quantitative estimate of drug-likeness (QED) is 0.723. The Morgan fingerprint density at radius 2 is 2.10 bits per heavy atom. The van der Waals surface area contributed by atoms with Crippen molar-refractivity contribution in [2.45, 2.75) is 62.9 Å². The monoisotopic (exact) mass is 452 g/mol. The molecular formula is C21H29ClN4O3S. The van der Waals surface area contributed by atoms with Gasteiger partial charge in [0.15, 0.2) is 5.82 Å². The lowest BCUT2D eigenvalue weighted by Crippen LogP contribution is -2.44. The summed E-state index contributed by atoms with van der Waals surface area (Å²) in [6, 6.07) is 2.06. The first-order chi connectivity index (χ1) is 14.2. The second kappa shape index (κ2) is 9.34. The minimum atomic E-state index is -0.199. The number of piperidine rings is 1. The Morgan fingerprint density at radius 1 is 1.30 bits per heavy atom. The van der Waals surface area contributed by atoms with Gasteiger partial charge in [0.05, 0.1) is 17.1 Å². The van der Waals surface area contributed by atoms with Crippen LogP contribution in [0.15, 0.2) is 10.6 Å². The molecule has 0 atom stereocenters. The molecule has 3 aliphatic rings. The molecule has 0 radical (unpaired) electrons. The number of aromatic nitrogens is 2. The summed E-state index contributed by atoms with van der Waals surface area (Å²) in [6.07, 6.45) is 8.20. The lowest BCUT2D eigenvalue weighted by molar-refractivity contribution is -0.0792. The fourth-order valence-electron chi connectivity index (χ4n) is 4.86. The Bertz CT molecular complexity index is 871. The molecule has 1 saturated carbocycles. The lowest BCUT2D eigenvalue weighted by atomic mass is 9.83. The molecule has 2 N–H and O–H groups in total. The molecule has 2 aromatic rings. The zero-order valence-electron chi connectivity index (χ0n) is 17.1. The average molecular weight is 453 g/mol. The third-order valence-corrected chi connectivity index (χ3v) is 7.66. The predicted molar refractivity (Wildman–Crippen MR) is 117 cm³/mol. The van der Waals surface area contributed by atoms with E-state index in [0.29, 0.717) is 24.7 Å². The van der Waals surface area contributed by atoms with Crippen LogP contribution in [0.1, 0.15) is 76.3 Å². The number of nitrogens with zero attached hydrogens (tertiary/aromatic N) is 2. The summed E-state index contributed by atoms with van der Waals surface area (Å²) in [4.78, 5) is 19.3. The van der Waals surface area contributed by atoms with Crippen LogP contribution in [-0.2, 0) is 23.2 Å². The minimum Gasteiger partial charge on any atom is -0.370 e. The average Bonchev–Trinajstić information content (AvgIpc) is 3.49. The molecule has 0 aromatic carbocycles. The maximum absolute atomic E-state index is 12.7. The van der Waals surface area contributed by atoms with Gasteiger partial charge in [-0.1, -0.05) is 18.0 Å². The number of halogens is 1. The van der Waals surface area contributed by atoms with Crippen LogP contribution in [0.3, 0.4) is 0 Å². The van der Waals surface area contributed by atoms with E-state index in [4.69, 9.17) is 9.26 Å². The Morgan fingerprint density at radius 3 is 2.90 bits per heavy atom. The van der Waals surface area contributed by atoms with Gasteiger partial charge in [-0.05, 0) is 50.4 Å². The van der Waals surface area contributed by atoms with E-state index in [1.807, 2.05) is 0 Å². The SMILES string of the molecule is Cl.O=C(NCCc1noc(C2CCCC2)n1)c1cc2c(s1)CCOC21CCNCC1. The Kier molecular flexibility index (Phi) is 6.77. The predicted octanol–water partition coefficient (Wildman–Crippen LogP) is 3.33. The number of rotatable bonds is 5. The summed E-state index contributed by atoms with van der Waals surface area (Å²) >= 11 is 1.62. The van der Waals surface area contributed by atoms with Crippen LogP contribution in [0, 0.1) is 0 Å². The lowest BCUT2D eigenvalue weighted by Gasteiger charge is -2.40. The topological polar surface area (TPSA) is 89.3 Å². The number of hydrogen-bond acceptors (Lipinski definition) is 7. The summed E-state index contributed by atoms with van der Waals surface area (Å²) in [5, 5.41) is 10.5. The molecule has 2 aromatic heterocycles. The van der Waals surface area contributed by atoms with Crippen molar-refractivity contribution in [3.8, 4) is 0 Å². The van der Waals surface area contributed by atoms with Crippen LogP contribution in [-0.4, -0.2) is 42.3 Å². The maximum atomic E-state index is 12.7. The van der Waals surface area contributed by atoms with E-state index in [1.54, 1.807) is 11.3 Å². The minimum absolute atomic E-state index is 0. The van der Waals surface area contributed by atoms with Gasteiger partial charge >= 0.3 is 0 Å². The summed E-state index contributed by atoms with van der Waals surface area (Å²) in [5.41, 5.74) is 1.04. The van der Waals surface area contributed by atoms with Crippen molar-refractivity contribution < 1.29 is 14.1 Å². The van der Waals surface area contributed by atoms with Crippen LogP contribution in [0.5, 0.6) is 0 Å². The van der Waals surface area contributed by atoms with Crippen LogP contribution in [0.25, 0.3) is 0 Å². The third kappa shape index (κ3) is 4.28. The molecule has 4 heterocycles. The Hall–Kier alpha value is -1.48. The molecule has 164 valence electrons. The molecule has 2 aliphatic heterocycles. The van der Waals surface area contributed by atoms with Gasteiger partial charge in [0.2, 0.25) is 5.89 Å². The van der Waals surface area contributed by atoms with Gasteiger partial charge in [-0.25, -0.2) is 0 Å². The van der Waals surface area contributed by atoms with Gasteiger partial charge in [-0.3, -0.25) is 4.79 Å². The van der Waals surface area contributed by atoms with Crippen LogP contribution >= 0.6 is 23.7 Å². The summed E-state index contributed by atoms with van der Waals surface area (Å²) in [7, 11) is 0. The van der Waals surface area contributed by atoms with Crippen LogP contribution in [0.2, 0.25) is 0 Å². The van der Waals surface area contributed by atoms with E-state index in [1.165, 1.54) is 23.3 Å². The molecule has 9 heteroatoms. The molecule has 2 fully saturated rings. The maximum Gasteiger partial charge on any atom is 0.261 e. The molecular weight excluding hydrogens is 424 g/mol. The number of thiophene rings is 1. The van der Waals surface area contributed by atoms with E-state index < -0.39 is 0 Å². The fourth-order valence-corrected chi connectivity index (χ4v) is 6.00. The van der Waals surface area contributed by atoms with Crippen molar-refractivity contribution in [3.05, 3.63) is 33.1 Å². The molecule has 1 spiro atoms. The molecule has 1 saturated heterocycles. The highest BCUT2D eigenvalue weighted by Crippen LogP contribution is 2.43. The summed E-state index contributed by atoms with van der Waals surface area (Å²) in [5.74, 6) is 1.85. The first-order valence-electron chi connectivity index (χ1n) is 10.8. The van der Waals surface area contributed by atoms with Crippen molar-refractivity contribution in [1.29, 1.82) is 0 Å². The smallest absolute Gasteiger partial charge is 0.261 e. The number of amides is 1. The first-order valence-corrected chi connectivity index (χ1v) is 11.6. The van der Waals surface area contributed by atoms with E-state index >= 15 is 0 Å². The number of hydrogen-bond donors (Lipinski definition) is 2. The van der Waals surface area contributed by atoms with E-state index in [9.17, 15) is 4.79 Å². The van der Waals surface area contributed by atoms with Gasteiger partial charge in [0.1, 0.15) is 0 Å². The van der Waals surface area contributed by atoms with Crippen molar-refractivity contribution in [2.24, 2.45) is 0 Å². The van der Waals surface area contributed by atoms with Crippen molar-refractivity contribution >= 4 is 29.7 Å². The molecule has 30 heavy (non-hydrogen) atoms. The van der Waals surface area contributed by atoms with E-state index in [-0.39, 0.29) is 23.9 Å². The van der Waals surface area contributed by atoms with E-state index in [0.717, 1.165) is 62.6 Å². The van der Waals surface area contributed by atoms with Crippen LogP contribution in [0.4, 0.5) is 0 Å². The van der Waals surface area contributed by atoms with Gasteiger partial charge in [0.25, 0.3) is 5.91 Å². The molecule has 1 amide bonds. The highest BCUT2D eigenvalue weighted by Gasteiger charge is 2.40. The van der Waals surface area contributed by atoms with Crippen molar-refractivity contribution in [3.63, 3.8) is 0 Å². The first kappa shape index (κ1) is 21.7. The summed E-state index contributed by atoms with van der Waals surface area (Å²) < 4.78 is 11.6. The summed E-state index contributed by atoms with van der Waals surface area (Å²) in [6.45, 7) is 3.18. The Labute approximate surface area is 186 Å². The van der Waals surface area contributed by atoms with Gasteiger partial charge in [-0.2, -0.15) is 4.98 Å². The Balaban J connectivity index is 0.00000218. The largest absolute Gasteiger partial charge is 0.370 e. The number of fused-ring (bicyclic) bond motifs is 2. The van der Waals surface area contributed by atoms with Gasteiger partial charge in [-0.15, -0.1) is 23.7 Å². The second-order valence-corrected chi connectivity index (χ2v) is 9.46. The fraction of sp³-hybridized carbons (Fsp3) is 0.667. The van der Waals surface area contributed by atoms with E-state index in [2.05, 4.69) is 26.8 Å². The second-order valence-electron chi connectivity index (χ2n) is 8.33. The highest BCUT2D eigenvalue weighted by atomic mass is 35.5. The highest BCUT2D eigenvalue weighted by molar-refractivity contribution is 7.14. The molecule has 0 bridgehead atoms. The molecule has 7 nitrogen and oxygen atoms in total. The molecule has 5 rings (SSSR count). The normalized spacial score (nSPS) is 20.7. The zero-order chi connectivity index (χ0) is 19.7. The molecule has 0 unspecified atom stereocenters. The number of nitrogens with one attached hydrogen (secondary N) is 2. The van der Waals surface area contributed by atoms with Gasteiger partial charge < -0.3 is 19.9 Å².